The molecule has 1 N–H and O–H groups in total. The largest absolute Gasteiger partial charge is 0.315 e. The standard InChI is InChI=1S/C15H22ClN/c1-3-12(4-2)9-15(10-17-11-15)13-6-5-7-14(16)8-13/h5-8,12,17H,3-4,9-11H2,1-2H3. The molecule has 1 aliphatic rings. The molecule has 17 heavy (non-hydrogen) atoms. The van der Waals surface area contributed by atoms with Crippen molar-refractivity contribution >= 4 is 11.6 Å². The summed E-state index contributed by atoms with van der Waals surface area (Å²) in [6.45, 7) is 6.80. The first kappa shape index (κ1) is 12.9. The van der Waals surface area contributed by atoms with E-state index in [4.69, 9.17) is 11.6 Å². The lowest BCUT2D eigenvalue weighted by atomic mass is 9.68. The Kier molecular flexibility index (Phi) is 4.11. The molecule has 0 radical (unpaired) electrons. The van der Waals surface area contributed by atoms with Crippen molar-refractivity contribution in [2.75, 3.05) is 13.1 Å². The molecule has 1 heterocycles. The van der Waals surface area contributed by atoms with Gasteiger partial charge in [-0.2, -0.15) is 0 Å². The lowest BCUT2D eigenvalue weighted by Gasteiger charge is -2.45. The summed E-state index contributed by atoms with van der Waals surface area (Å²) in [6.07, 6.45) is 3.84. The molecule has 0 aliphatic carbocycles. The number of nitrogens with one attached hydrogen (secondary N) is 1. The second-order valence-corrected chi connectivity index (χ2v) is 5.72. The van der Waals surface area contributed by atoms with Gasteiger partial charge in [0, 0.05) is 23.5 Å². The Morgan fingerprint density at radius 3 is 2.47 bits per heavy atom. The normalized spacial score (nSPS) is 18.1. The molecule has 94 valence electrons. The molecule has 0 bridgehead atoms. The monoisotopic (exact) mass is 251 g/mol. The molecular weight excluding hydrogens is 230 g/mol. The summed E-state index contributed by atoms with van der Waals surface area (Å²) in [5.41, 5.74) is 1.75. The summed E-state index contributed by atoms with van der Waals surface area (Å²) in [4.78, 5) is 0. The minimum atomic E-state index is 0.335. The minimum Gasteiger partial charge on any atom is -0.315 e. The maximum atomic E-state index is 6.12. The summed E-state index contributed by atoms with van der Waals surface area (Å²) in [5, 5.41) is 4.29. The molecule has 1 fully saturated rings. The fourth-order valence-corrected chi connectivity index (χ4v) is 3.03. The fraction of sp³-hybridized carbons (Fsp3) is 0.600. The Balaban J connectivity index is 2.19. The van der Waals surface area contributed by atoms with Gasteiger partial charge in [-0.15, -0.1) is 0 Å². The molecule has 0 amide bonds. The zero-order valence-electron chi connectivity index (χ0n) is 10.8. The van der Waals surface area contributed by atoms with Gasteiger partial charge >= 0.3 is 0 Å². The molecule has 1 aromatic rings. The average Bonchev–Trinajstić information content (AvgIpc) is 2.29. The van der Waals surface area contributed by atoms with Crippen LogP contribution in [0.4, 0.5) is 0 Å². The van der Waals surface area contributed by atoms with Crippen LogP contribution in [0.25, 0.3) is 0 Å². The average molecular weight is 252 g/mol. The van der Waals surface area contributed by atoms with Gasteiger partial charge in [0.05, 0.1) is 0 Å². The van der Waals surface area contributed by atoms with Crippen LogP contribution in [-0.4, -0.2) is 13.1 Å². The van der Waals surface area contributed by atoms with Crippen molar-refractivity contribution < 1.29 is 0 Å². The van der Waals surface area contributed by atoms with E-state index in [0.29, 0.717) is 5.41 Å². The Morgan fingerprint density at radius 1 is 1.29 bits per heavy atom. The third-order valence-corrected chi connectivity index (χ3v) is 4.43. The fourth-order valence-electron chi connectivity index (χ4n) is 2.84. The highest BCUT2D eigenvalue weighted by atomic mass is 35.5. The van der Waals surface area contributed by atoms with Crippen LogP contribution in [-0.2, 0) is 5.41 Å². The molecule has 0 spiro atoms. The zero-order chi connectivity index (χ0) is 12.3. The van der Waals surface area contributed by atoms with Crippen molar-refractivity contribution in [2.24, 2.45) is 5.92 Å². The van der Waals surface area contributed by atoms with Gasteiger partial charge in [0.15, 0.2) is 0 Å². The maximum Gasteiger partial charge on any atom is 0.0408 e. The third-order valence-electron chi connectivity index (χ3n) is 4.20. The quantitative estimate of drug-likeness (QED) is 0.834. The molecule has 1 saturated heterocycles. The number of halogens is 1. The number of benzene rings is 1. The first-order valence-electron chi connectivity index (χ1n) is 6.67. The highest BCUT2D eigenvalue weighted by Gasteiger charge is 2.39. The molecule has 0 unspecified atom stereocenters. The molecule has 1 aromatic carbocycles. The van der Waals surface area contributed by atoms with Gasteiger partial charge in [-0.1, -0.05) is 50.4 Å². The summed E-state index contributed by atoms with van der Waals surface area (Å²) in [6, 6.07) is 8.41. The maximum absolute atomic E-state index is 6.12. The van der Waals surface area contributed by atoms with E-state index in [1.165, 1.54) is 24.8 Å². The zero-order valence-corrected chi connectivity index (χ0v) is 11.6. The number of hydrogen-bond donors (Lipinski definition) is 1. The van der Waals surface area contributed by atoms with Crippen molar-refractivity contribution in [3.63, 3.8) is 0 Å². The Bertz CT molecular complexity index is 367. The summed E-state index contributed by atoms with van der Waals surface area (Å²) in [7, 11) is 0. The number of rotatable bonds is 5. The van der Waals surface area contributed by atoms with Crippen LogP contribution in [0, 0.1) is 5.92 Å². The van der Waals surface area contributed by atoms with Crippen molar-refractivity contribution in [2.45, 2.75) is 38.5 Å². The number of hydrogen-bond acceptors (Lipinski definition) is 1. The van der Waals surface area contributed by atoms with Crippen molar-refractivity contribution in [3.05, 3.63) is 34.9 Å². The second kappa shape index (κ2) is 5.41. The predicted molar refractivity (Wildman–Crippen MR) is 74.7 cm³/mol. The second-order valence-electron chi connectivity index (χ2n) is 5.28. The Hall–Kier alpha value is -0.530. The van der Waals surface area contributed by atoms with Crippen LogP contribution in [0.5, 0.6) is 0 Å². The predicted octanol–water partition coefficient (Wildman–Crippen LogP) is 4.01. The smallest absolute Gasteiger partial charge is 0.0408 e. The van der Waals surface area contributed by atoms with Crippen LogP contribution in [0.15, 0.2) is 24.3 Å². The van der Waals surface area contributed by atoms with E-state index in [0.717, 1.165) is 24.0 Å². The van der Waals surface area contributed by atoms with Crippen LogP contribution >= 0.6 is 11.6 Å². The third kappa shape index (κ3) is 2.66. The molecule has 2 rings (SSSR count). The first-order valence-corrected chi connectivity index (χ1v) is 7.05. The van der Waals surface area contributed by atoms with E-state index < -0.39 is 0 Å². The van der Waals surface area contributed by atoms with Gasteiger partial charge in [-0.25, -0.2) is 0 Å². The van der Waals surface area contributed by atoms with E-state index in [-0.39, 0.29) is 0 Å². The lowest BCUT2D eigenvalue weighted by molar-refractivity contribution is 0.211. The Morgan fingerprint density at radius 2 is 2.00 bits per heavy atom. The minimum absolute atomic E-state index is 0.335. The molecule has 2 heteroatoms. The van der Waals surface area contributed by atoms with Gasteiger partial charge in [0.25, 0.3) is 0 Å². The van der Waals surface area contributed by atoms with Crippen LogP contribution in [0.1, 0.15) is 38.7 Å². The van der Waals surface area contributed by atoms with Crippen molar-refractivity contribution in [1.29, 1.82) is 0 Å². The highest BCUT2D eigenvalue weighted by molar-refractivity contribution is 6.30. The molecule has 0 saturated carbocycles. The van der Waals surface area contributed by atoms with E-state index in [9.17, 15) is 0 Å². The van der Waals surface area contributed by atoms with Crippen LogP contribution in [0.2, 0.25) is 5.02 Å². The SMILES string of the molecule is CCC(CC)CC1(c2cccc(Cl)c2)CNC1. The highest BCUT2D eigenvalue weighted by Crippen LogP contribution is 2.37. The van der Waals surface area contributed by atoms with Gasteiger partial charge in [-0.05, 0) is 30.0 Å². The lowest BCUT2D eigenvalue weighted by Crippen LogP contribution is -2.57. The Labute approximate surface area is 110 Å². The van der Waals surface area contributed by atoms with Gasteiger partial charge in [-0.3, -0.25) is 0 Å². The molecular formula is C15H22ClN. The van der Waals surface area contributed by atoms with Crippen LogP contribution in [0.3, 0.4) is 0 Å². The van der Waals surface area contributed by atoms with Gasteiger partial charge in [0.2, 0.25) is 0 Å². The topological polar surface area (TPSA) is 12.0 Å². The molecule has 0 atom stereocenters. The summed E-state index contributed by atoms with van der Waals surface area (Å²) >= 11 is 6.12. The molecule has 1 aliphatic heterocycles. The van der Waals surface area contributed by atoms with E-state index in [2.05, 4.69) is 37.4 Å². The molecule has 1 nitrogen and oxygen atoms in total. The van der Waals surface area contributed by atoms with Gasteiger partial charge < -0.3 is 5.32 Å². The van der Waals surface area contributed by atoms with Crippen molar-refractivity contribution in [3.8, 4) is 0 Å². The van der Waals surface area contributed by atoms with E-state index in [1.807, 2.05) is 6.07 Å². The van der Waals surface area contributed by atoms with Gasteiger partial charge in [0.1, 0.15) is 0 Å². The summed E-state index contributed by atoms with van der Waals surface area (Å²) in [5.74, 6) is 0.830. The first-order chi connectivity index (χ1) is 8.20. The summed E-state index contributed by atoms with van der Waals surface area (Å²) < 4.78 is 0. The van der Waals surface area contributed by atoms with Crippen LogP contribution < -0.4 is 5.32 Å². The van der Waals surface area contributed by atoms with E-state index in [1.54, 1.807) is 0 Å². The molecule has 0 aromatic heterocycles. The van der Waals surface area contributed by atoms with E-state index >= 15 is 0 Å². The van der Waals surface area contributed by atoms with Crippen molar-refractivity contribution in [1.82, 2.24) is 5.32 Å².